The molecule has 2 aromatic heterocycles. The predicted octanol–water partition coefficient (Wildman–Crippen LogP) is 4.74. The molecule has 1 amide bonds. The van der Waals surface area contributed by atoms with Crippen LogP contribution >= 0.6 is 23.1 Å². The van der Waals surface area contributed by atoms with Gasteiger partial charge in [0.2, 0.25) is 5.91 Å². The van der Waals surface area contributed by atoms with Crippen molar-refractivity contribution >= 4 is 29.0 Å². The summed E-state index contributed by atoms with van der Waals surface area (Å²) in [6.45, 7) is 2.79. The molecule has 2 heterocycles. The Hall–Kier alpha value is -1.60. The minimum atomic E-state index is 0.175. The summed E-state index contributed by atoms with van der Waals surface area (Å²) in [5.74, 6) is 1.54. The average Bonchev–Trinajstić information content (AvgIpc) is 3.19. The summed E-state index contributed by atoms with van der Waals surface area (Å²) in [7, 11) is 0. The third kappa shape index (κ3) is 3.74. The SMILES string of the molecule is CCN(C(=O)CSc1nnc(-c2cccs2)n1C1CC1)C1=CCCCC1. The van der Waals surface area contributed by atoms with Crippen LogP contribution in [0.3, 0.4) is 0 Å². The summed E-state index contributed by atoms with van der Waals surface area (Å²) in [5.41, 5.74) is 1.20. The highest BCUT2D eigenvalue weighted by Crippen LogP contribution is 2.41. The van der Waals surface area contributed by atoms with Crippen molar-refractivity contribution in [2.24, 2.45) is 0 Å². The molecule has 4 rings (SSSR count). The van der Waals surface area contributed by atoms with E-state index in [1.54, 1.807) is 11.3 Å². The highest BCUT2D eigenvalue weighted by Gasteiger charge is 2.31. The minimum absolute atomic E-state index is 0.175. The number of allylic oxidation sites excluding steroid dienone is 2. The fourth-order valence-electron chi connectivity index (χ4n) is 3.42. The highest BCUT2D eigenvalue weighted by atomic mass is 32.2. The quantitative estimate of drug-likeness (QED) is 0.643. The lowest BCUT2D eigenvalue weighted by molar-refractivity contribution is -0.126. The van der Waals surface area contributed by atoms with Crippen LogP contribution in [-0.4, -0.2) is 37.9 Å². The second-order valence-electron chi connectivity index (χ2n) is 6.75. The molecule has 0 N–H and O–H groups in total. The molecule has 0 bridgehead atoms. The topological polar surface area (TPSA) is 51.0 Å². The van der Waals surface area contributed by atoms with Crippen molar-refractivity contribution in [2.75, 3.05) is 12.3 Å². The summed E-state index contributed by atoms with van der Waals surface area (Å²) >= 11 is 3.21. The first kappa shape index (κ1) is 17.8. The van der Waals surface area contributed by atoms with Crippen LogP contribution in [-0.2, 0) is 4.79 Å². The molecule has 1 fully saturated rings. The van der Waals surface area contributed by atoms with Crippen molar-refractivity contribution in [1.82, 2.24) is 19.7 Å². The van der Waals surface area contributed by atoms with Crippen molar-refractivity contribution < 1.29 is 4.79 Å². The van der Waals surface area contributed by atoms with Gasteiger partial charge in [-0.3, -0.25) is 9.36 Å². The van der Waals surface area contributed by atoms with E-state index in [-0.39, 0.29) is 5.91 Å². The first-order chi connectivity index (χ1) is 12.8. The maximum Gasteiger partial charge on any atom is 0.237 e. The van der Waals surface area contributed by atoms with Gasteiger partial charge in [0.15, 0.2) is 11.0 Å². The van der Waals surface area contributed by atoms with Crippen LogP contribution in [0, 0.1) is 0 Å². The fraction of sp³-hybridized carbons (Fsp3) is 0.526. The standard InChI is InChI=1S/C19H24N4OS2/c1-2-22(14-7-4-3-5-8-14)17(24)13-26-19-21-20-18(16-9-6-12-25-16)23(19)15-10-11-15/h6-7,9,12,15H,2-5,8,10-11,13H2,1H3. The fourth-order valence-corrected chi connectivity index (χ4v) is 5.01. The maximum atomic E-state index is 12.8. The number of aromatic nitrogens is 3. The predicted molar refractivity (Wildman–Crippen MR) is 106 cm³/mol. The van der Waals surface area contributed by atoms with E-state index in [0.29, 0.717) is 11.8 Å². The molecular weight excluding hydrogens is 364 g/mol. The number of amides is 1. The van der Waals surface area contributed by atoms with Gasteiger partial charge in [-0.1, -0.05) is 23.9 Å². The van der Waals surface area contributed by atoms with Gasteiger partial charge in [-0.15, -0.1) is 21.5 Å². The maximum absolute atomic E-state index is 12.8. The molecule has 7 heteroatoms. The normalized spacial score (nSPS) is 17.2. The number of thioether (sulfide) groups is 1. The minimum Gasteiger partial charge on any atom is -0.316 e. The smallest absolute Gasteiger partial charge is 0.237 e. The molecule has 2 aromatic rings. The van der Waals surface area contributed by atoms with Crippen molar-refractivity contribution in [3.8, 4) is 10.7 Å². The second-order valence-corrected chi connectivity index (χ2v) is 8.64. The van der Waals surface area contributed by atoms with Gasteiger partial charge in [0.25, 0.3) is 0 Å². The zero-order valence-corrected chi connectivity index (χ0v) is 16.7. The summed E-state index contributed by atoms with van der Waals surface area (Å²) < 4.78 is 2.24. The molecule has 5 nitrogen and oxygen atoms in total. The molecule has 0 spiro atoms. The van der Waals surface area contributed by atoms with E-state index in [2.05, 4.69) is 39.2 Å². The third-order valence-electron chi connectivity index (χ3n) is 4.87. The van der Waals surface area contributed by atoms with E-state index in [0.717, 1.165) is 35.2 Å². The Morgan fingerprint density at radius 2 is 2.27 bits per heavy atom. The Labute approximate surface area is 162 Å². The summed E-state index contributed by atoms with van der Waals surface area (Å²) in [6, 6.07) is 4.61. The van der Waals surface area contributed by atoms with Crippen LogP contribution in [0.4, 0.5) is 0 Å². The van der Waals surface area contributed by atoms with Crippen molar-refractivity contribution in [3.05, 3.63) is 29.3 Å². The first-order valence-electron chi connectivity index (χ1n) is 9.39. The van der Waals surface area contributed by atoms with Crippen molar-refractivity contribution in [2.45, 2.75) is 56.6 Å². The van der Waals surface area contributed by atoms with E-state index in [1.165, 1.54) is 43.1 Å². The zero-order chi connectivity index (χ0) is 17.9. The lowest BCUT2D eigenvalue weighted by Crippen LogP contribution is -2.32. The monoisotopic (exact) mass is 388 g/mol. The lowest BCUT2D eigenvalue weighted by Gasteiger charge is -2.26. The molecule has 0 saturated heterocycles. The number of carbonyl (C=O) groups excluding carboxylic acids is 1. The molecule has 138 valence electrons. The van der Waals surface area contributed by atoms with Crippen LogP contribution < -0.4 is 0 Å². The first-order valence-corrected chi connectivity index (χ1v) is 11.3. The third-order valence-corrected chi connectivity index (χ3v) is 6.67. The molecule has 0 unspecified atom stereocenters. The lowest BCUT2D eigenvalue weighted by atomic mass is 10.0. The molecule has 2 aliphatic rings. The highest BCUT2D eigenvalue weighted by molar-refractivity contribution is 7.99. The Balaban J connectivity index is 1.47. The van der Waals surface area contributed by atoms with Crippen LogP contribution in [0.1, 0.15) is 51.5 Å². The van der Waals surface area contributed by atoms with Crippen LogP contribution in [0.15, 0.2) is 34.4 Å². The number of carbonyl (C=O) groups is 1. The van der Waals surface area contributed by atoms with Crippen LogP contribution in [0.5, 0.6) is 0 Å². The van der Waals surface area contributed by atoms with Gasteiger partial charge in [-0.25, -0.2) is 0 Å². The molecule has 0 aromatic carbocycles. The van der Waals surface area contributed by atoms with Gasteiger partial charge in [0, 0.05) is 18.3 Å². The zero-order valence-electron chi connectivity index (χ0n) is 15.1. The molecule has 1 saturated carbocycles. The molecule has 26 heavy (non-hydrogen) atoms. The molecule has 2 aliphatic carbocycles. The summed E-state index contributed by atoms with van der Waals surface area (Å²) in [6.07, 6.45) is 9.11. The number of hydrogen-bond acceptors (Lipinski definition) is 5. The van der Waals surface area contributed by atoms with Gasteiger partial charge in [0.1, 0.15) is 0 Å². The van der Waals surface area contributed by atoms with Crippen molar-refractivity contribution in [1.29, 1.82) is 0 Å². The Kier molecular flexibility index (Phi) is 5.45. The van der Waals surface area contributed by atoms with E-state index < -0.39 is 0 Å². The van der Waals surface area contributed by atoms with E-state index in [1.807, 2.05) is 11.0 Å². The number of nitrogens with zero attached hydrogens (tertiary/aromatic N) is 4. The van der Waals surface area contributed by atoms with Crippen LogP contribution in [0.25, 0.3) is 10.7 Å². The van der Waals surface area contributed by atoms with Gasteiger partial charge in [-0.2, -0.15) is 0 Å². The second kappa shape index (κ2) is 7.96. The number of rotatable bonds is 7. The van der Waals surface area contributed by atoms with E-state index in [9.17, 15) is 4.79 Å². The number of thiophene rings is 1. The van der Waals surface area contributed by atoms with E-state index in [4.69, 9.17) is 0 Å². The Bertz CT molecular complexity index is 793. The molecule has 0 atom stereocenters. The average molecular weight is 389 g/mol. The number of hydrogen-bond donors (Lipinski definition) is 0. The van der Waals surface area contributed by atoms with Gasteiger partial charge >= 0.3 is 0 Å². The Morgan fingerprint density at radius 3 is 2.92 bits per heavy atom. The van der Waals surface area contributed by atoms with Gasteiger partial charge < -0.3 is 4.90 Å². The summed E-state index contributed by atoms with van der Waals surface area (Å²) in [4.78, 5) is 15.9. The largest absolute Gasteiger partial charge is 0.316 e. The molecular formula is C19H24N4OS2. The van der Waals surface area contributed by atoms with Gasteiger partial charge in [-0.05, 0) is 56.9 Å². The Morgan fingerprint density at radius 1 is 1.38 bits per heavy atom. The van der Waals surface area contributed by atoms with Crippen molar-refractivity contribution in [3.63, 3.8) is 0 Å². The molecule has 0 radical (unpaired) electrons. The molecule has 0 aliphatic heterocycles. The summed E-state index contributed by atoms with van der Waals surface area (Å²) in [5, 5.41) is 11.8. The van der Waals surface area contributed by atoms with E-state index >= 15 is 0 Å². The van der Waals surface area contributed by atoms with Gasteiger partial charge in [0.05, 0.1) is 10.6 Å². The van der Waals surface area contributed by atoms with Crippen LogP contribution in [0.2, 0.25) is 0 Å².